The lowest BCUT2D eigenvalue weighted by atomic mass is 10.0. The molecule has 0 aliphatic carbocycles. The number of esters is 1. The number of allylic oxidation sites excluding steroid dienone is 3. The number of carbonyl (C=O) groups is 3. The Balaban J connectivity index is 1.53. The lowest BCUT2D eigenvalue weighted by Crippen LogP contribution is -2.42. The van der Waals surface area contributed by atoms with Crippen molar-refractivity contribution in [1.82, 2.24) is 15.1 Å². The maximum atomic E-state index is 13.3. The Morgan fingerprint density at radius 3 is 2.37 bits per heavy atom. The third-order valence-electron chi connectivity index (χ3n) is 7.02. The van der Waals surface area contributed by atoms with E-state index >= 15 is 0 Å². The smallest absolute Gasteiger partial charge is 0.328 e. The molecule has 2 N–H and O–H groups in total. The SMILES string of the molecule is COC(=O)[C@H](CC(C)C)NC(=O)c1ccc(NC(=O)c2cc3n(n2)/C(c2ccc(OC)c(OC)c2)=C\C=C/CCC3)cc1. The molecule has 1 atom stereocenters. The van der Waals surface area contributed by atoms with Crippen LogP contribution in [0.2, 0.25) is 0 Å². The molecule has 1 aromatic heterocycles. The van der Waals surface area contributed by atoms with E-state index < -0.39 is 17.9 Å². The van der Waals surface area contributed by atoms with E-state index in [-0.39, 0.29) is 17.5 Å². The van der Waals surface area contributed by atoms with Gasteiger partial charge in [-0.05, 0) is 86.2 Å². The quantitative estimate of drug-likeness (QED) is 0.311. The van der Waals surface area contributed by atoms with Crippen LogP contribution in [0.25, 0.3) is 5.70 Å². The number of aromatic nitrogens is 2. The van der Waals surface area contributed by atoms with Gasteiger partial charge < -0.3 is 24.8 Å². The van der Waals surface area contributed by atoms with Crippen molar-refractivity contribution in [2.24, 2.45) is 5.92 Å². The summed E-state index contributed by atoms with van der Waals surface area (Å²) >= 11 is 0. The van der Waals surface area contributed by atoms with Gasteiger partial charge in [-0.15, -0.1) is 0 Å². The number of anilines is 1. The second kappa shape index (κ2) is 14.4. The van der Waals surface area contributed by atoms with Crippen LogP contribution in [0.4, 0.5) is 5.69 Å². The maximum absolute atomic E-state index is 13.3. The van der Waals surface area contributed by atoms with Crippen LogP contribution in [-0.4, -0.2) is 54.9 Å². The zero-order valence-corrected chi connectivity index (χ0v) is 25.2. The molecule has 2 amide bonds. The molecule has 1 aliphatic heterocycles. The van der Waals surface area contributed by atoms with Gasteiger partial charge >= 0.3 is 5.97 Å². The minimum Gasteiger partial charge on any atom is -0.493 e. The molecule has 4 rings (SSSR count). The summed E-state index contributed by atoms with van der Waals surface area (Å²) in [5.74, 6) is 0.135. The second-order valence-electron chi connectivity index (χ2n) is 10.6. The van der Waals surface area contributed by atoms with E-state index in [2.05, 4.69) is 16.7 Å². The summed E-state index contributed by atoms with van der Waals surface area (Å²) in [6.45, 7) is 3.93. The topological polar surface area (TPSA) is 121 Å². The first-order chi connectivity index (χ1) is 20.7. The van der Waals surface area contributed by atoms with Crippen LogP contribution in [0.3, 0.4) is 0 Å². The average Bonchev–Trinajstić information content (AvgIpc) is 3.46. The van der Waals surface area contributed by atoms with Gasteiger partial charge in [0.2, 0.25) is 0 Å². The Morgan fingerprint density at radius 2 is 1.70 bits per heavy atom. The average molecular weight is 587 g/mol. The fourth-order valence-corrected chi connectivity index (χ4v) is 4.83. The first kappa shape index (κ1) is 31.1. The number of carbonyl (C=O) groups excluding carboxylic acids is 3. The first-order valence-electron chi connectivity index (χ1n) is 14.2. The van der Waals surface area contributed by atoms with Gasteiger partial charge in [0.1, 0.15) is 6.04 Å². The predicted molar refractivity (Wildman–Crippen MR) is 164 cm³/mol. The van der Waals surface area contributed by atoms with E-state index in [1.165, 1.54) is 7.11 Å². The predicted octanol–water partition coefficient (Wildman–Crippen LogP) is 5.25. The number of rotatable bonds is 10. The Morgan fingerprint density at radius 1 is 0.953 bits per heavy atom. The van der Waals surface area contributed by atoms with Crippen molar-refractivity contribution in [3.63, 3.8) is 0 Å². The molecule has 0 radical (unpaired) electrons. The standard InChI is InChI=1S/C33H38N4O6/c1-21(2)18-27(33(40)43-5)35-31(38)22-12-15-24(16-13-22)34-32(39)26-20-25-10-8-6-7-9-11-28(37(25)36-26)23-14-17-29(41-3)30(19-23)42-4/h7,9,11-17,19-21,27H,6,8,10,18H2,1-5H3,(H,34,39)(H,35,38)/b9-7-,28-11-/t27-/m0/s1. The van der Waals surface area contributed by atoms with Gasteiger partial charge in [0.15, 0.2) is 17.2 Å². The third-order valence-corrected chi connectivity index (χ3v) is 7.02. The number of hydrogen-bond donors (Lipinski definition) is 2. The van der Waals surface area contributed by atoms with Crippen molar-refractivity contribution < 1.29 is 28.6 Å². The van der Waals surface area contributed by atoms with Crippen molar-refractivity contribution in [1.29, 1.82) is 0 Å². The Labute approximate surface area is 251 Å². The highest BCUT2D eigenvalue weighted by Gasteiger charge is 2.23. The van der Waals surface area contributed by atoms with Gasteiger partial charge in [0.05, 0.1) is 27.0 Å². The number of nitrogens with one attached hydrogen (secondary N) is 2. The van der Waals surface area contributed by atoms with Crippen molar-refractivity contribution >= 4 is 29.2 Å². The van der Waals surface area contributed by atoms with Crippen molar-refractivity contribution in [2.75, 3.05) is 26.6 Å². The zero-order valence-electron chi connectivity index (χ0n) is 25.2. The van der Waals surface area contributed by atoms with Gasteiger partial charge in [-0.2, -0.15) is 5.10 Å². The molecule has 0 unspecified atom stereocenters. The fraction of sp³-hybridized carbons (Fsp3) is 0.333. The largest absolute Gasteiger partial charge is 0.493 e. The molecule has 10 nitrogen and oxygen atoms in total. The summed E-state index contributed by atoms with van der Waals surface area (Å²) in [6.07, 6.45) is 9.10. The van der Waals surface area contributed by atoms with E-state index in [1.807, 2.05) is 44.2 Å². The number of nitrogens with zero attached hydrogens (tertiary/aromatic N) is 2. The summed E-state index contributed by atoms with van der Waals surface area (Å²) in [6, 6.07) is 13.2. The van der Waals surface area contributed by atoms with Crippen molar-refractivity contribution in [3.05, 3.63) is 89.3 Å². The third kappa shape index (κ3) is 7.71. The Kier molecular flexibility index (Phi) is 10.4. The van der Waals surface area contributed by atoms with Crippen LogP contribution < -0.4 is 20.1 Å². The molecule has 3 aromatic rings. The lowest BCUT2D eigenvalue weighted by Gasteiger charge is -2.18. The minimum atomic E-state index is -0.741. The molecular formula is C33H38N4O6. The molecule has 1 aliphatic rings. The molecule has 10 heteroatoms. The summed E-state index contributed by atoms with van der Waals surface area (Å²) in [7, 11) is 4.48. The van der Waals surface area contributed by atoms with E-state index in [4.69, 9.17) is 19.3 Å². The molecule has 43 heavy (non-hydrogen) atoms. The van der Waals surface area contributed by atoms with E-state index in [0.717, 1.165) is 36.2 Å². The van der Waals surface area contributed by atoms with Gasteiger partial charge in [-0.1, -0.05) is 26.0 Å². The highest BCUT2D eigenvalue weighted by molar-refractivity contribution is 6.03. The van der Waals surface area contributed by atoms with Gasteiger partial charge in [-0.3, -0.25) is 9.59 Å². The van der Waals surface area contributed by atoms with E-state index in [0.29, 0.717) is 29.2 Å². The first-order valence-corrected chi connectivity index (χ1v) is 14.2. The van der Waals surface area contributed by atoms with Crippen LogP contribution in [0.5, 0.6) is 11.5 Å². The fourth-order valence-electron chi connectivity index (χ4n) is 4.83. The number of benzene rings is 2. The highest BCUT2D eigenvalue weighted by atomic mass is 16.5. The Hall–Kier alpha value is -4.86. The van der Waals surface area contributed by atoms with Gasteiger partial charge in [0.25, 0.3) is 11.8 Å². The van der Waals surface area contributed by atoms with Crippen molar-refractivity contribution in [3.8, 4) is 11.5 Å². The summed E-state index contributed by atoms with van der Waals surface area (Å²) in [5, 5.41) is 10.3. The van der Waals surface area contributed by atoms with Crippen LogP contribution in [0.15, 0.2) is 66.8 Å². The van der Waals surface area contributed by atoms with Gasteiger partial charge in [0, 0.05) is 22.5 Å². The maximum Gasteiger partial charge on any atom is 0.328 e. The molecule has 0 spiro atoms. The normalized spacial score (nSPS) is 15.4. The second-order valence-corrected chi connectivity index (χ2v) is 10.6. The summed E-state index contributed by atoms with van der Waals surface area (Å²) in [4.78, 5) is 38.2. The highest BCUT2D eigenvalue weighted by Crippen LogP contribution is 2.32. The number of amides is 2. The molecular weight excluding hydrogens is 548 g/mol. The van der Waals surface area contributed by atoms with E-state index in [1.54, 1.807) is 49.2 Å². The number of ether oxygens (including phenoxy) is 3. The number of methoxy groups -OCH3 is 3. The monoisotopic (exact) mass is 586 g/mol. The van der Waals surface area contributed by atoms with Crippen LogP contribution in [-0.2, 0) is 16.0 Å². The molecule has 0 bridgehead atoms. The van der Waals surface area contributed by atoms with E-state index in [9.17, 15) is 14.4 Å². The van der Waals surface area contributed by atoms with Crippen LogP contribution in [0.1, 0.15) is 65.2 Å². The molecule has 2 aromatic carbocycles. The lowest BCUT2D eigenvalue weighted by molar-refractivity contribution is -0.143. The van der Waals surface area contributed by atoms with Gasteiger partial charge in [-0.25, -0.2) is 9.48 Å². The molecule has 0 saturated heterocycles. The number of fused-ring (bicyclic) bond motifs is 1. The zero-order chi connectivity index (χ0) is 30.9. The summed E-state index contributed by atoms with van der Waals surface area (Å²) in [5.41, 5.74) is 3.69. The molecule has 2 heterocycles. The Bertz CT molecular complexity index is 1520. The number of hydrogen-bond acceptors (Lipinski definition) is 7. The van der Waals surface area contributed by atoms with Crippen LogP contribution >= 0.6 is 0 Å². The van der Waals surface area contributed by atoms with Crippen molar-refractivity contribution in [2.45, 2.75) is 45.6 Å². The molecule has 226 valence electrons. The minimum absolute atomic E-state index is 0.191. The number of aryl methyl sites for hydroxylation is 1. The molecule has 0 fully saturated rings. The molecule has 0 saturated carbocycles. The van der Waals surface area contributed by atoms with Crippen LogP contribution in [0, 0.1) is 5.92 Å². The summed E-state index contributed by atoms with van der Waals surface area (Å²) < 4.78 is 17.5.